The molecule has 1 heterocycles. The highest BCUT2D eigenvalue weighted by molar-refractivity contribution is 7.92. The molecule has 3 rings (SSSR count). The van der Waals surface area contributed by atoms with Gasteiger partial charge in [0.2, 0.25) is 15.9 Å². The maximum atomic E-state index is 13.0. The number of carbonyl (C=O) groups excluding carboxylic acids is 1. The average molecular weight is 460 g/mol. The van der Waals surface area contributed by atoms with Crippen molar-refractivity contribution in [3.05, 3.63) is 65.2 Å². The van der Waals surface area contributed by atoms with Gasteiger partial charge in [-0.05, 0) is 36.6 Å². The van der Waals surface area contributed by atoms with Crippen LogP contribution in [-0.4, -0.2) is 57.8 Å². The van der Waals surface area contributed by atoms with Crippen LogP contribution in [0.2, 0.25) is 0 Å². The highest BCUT2D eigenvalue weighted by atomic mass is 32.2. The summed E-state index contributed by atoms with van der Waals surface area (Å²) in [6.07, 6.45) is 1.50. The van der Waals surface area contributed by atoms with E-state index in [1.54, 1.807) is 12.1 Å². The van der Waals surface area contributed by atoms with E-state index in [0.717, 1.165) is 50.2 Å². The first-order chi connectivity index (χ1) is 15.3. The van der Waals surface area contributed by atoms with Crippen molar-refractivity contribution in [2.24, 2.45) is 0 Å². The molecule has 0 radical (unpaired) electrons. The van der Waals surface area contributed by atoms with Gasteiger partial charge in [0.25, 0.3) is 0 Å². The van der Waals surface area contributed by atoms with Gasteiger partial charge in [-0.2, -0.15) is 0 Å². The number of hydrogen-bond donors (Lipinski definition) is 1. The van der Waals surface area contributed by atoms with Gasteiger partial charge in [-0.1, -0.05) is 48.9 Å². The number of morpholine rings is 1. The second-order valence-electron chi connectivity index (χ2n) is 8.24. The molecule has 0 unspecified atom stereocenters. The summed E-state index contributed by atoms with van der Waals surface area (Å²) in [7, 11) is -3.64. The molecule has 1 N–H and O–H groups in total. The van der Waals surface area contributed by atoms with Crippen LogP contribution in [0.25, 0.3) is 0 Å². The predicted octanol–water partition coefficient (Wildman–Crippen LogP) is 2.69. The van der Waals surface area contributed by atoms with E-state index in [4.69, 9.17) is 4.74 Å². The molecule has 174 valence electrons. The Morgan fingerprint density at radius 3 is 2.41 bits per heavy atom. The van der Waals surface area contributed by atoms with Gasteiger partial charge in [0, 0.05) is 26.2 Å². The number of sulfonamides is 1. The van der Waals surface area contributed by atoms with Gasteiger partial charge < -0.3 is 10.1 Å². The Bertz CT molecular complexity index is 1000. The number of aryl methyl sites for hydroxylation is 1. The lowest BCUT2D eigenvalue weighted by atomic mass is 10.1. The van der Waals surface area contributed by atoms with Crippen molar-refractivity contribution < 1.29 is 17.9 Å². The number of nitrogens with one attached hydrogen (secondary N) is 1. The molecular weight excluding hydrogens is 426 g/mol. The SMILES string of the molecule is CC[C@@H](C(=O)NCc1cccc(CN2CCOCC2)c1)N(c1ccc(C)cc1)S(C)(=O)=O. The Labute approximate surface area is 191 Å². The number of benzene rings is 2. The lowest BCUT2D eigenvalue weighted by Crippen LogP contribution is -2.49. The Hall–Kier alpha value is -2.42. The number of nitrogens with zero attached hydrogens (tertiary/aromatic N) is 2. The Morgan fingerprint density at radius 2 is 1.78 bits per heavy atom. The van der Waals surface area contributed by atoms with Crippen LogP contribution in [-0.2, 0) is 32.6 Å². The first-order valence-corrected chi connectivity index (χ1v) is 12.8. The van der Waals surface area contributed by atoms with E-state index in [1.165, 1.54) is 9.87 Å². The molecule has 2 aromatic rings. The van der Waals surface area contributed by atoms with Crippen molar-refractivity contribution in [1.82, 2.24) is 10.2 Å². The molecule has 1 aliphatic rings. The quantitative estimate of drug-likeness (QED) is 0.624. The third-order valence-corrected chi connectivity index (χ3v) is 6.77. The number of amides is 1. The number of carbonyl (C=O) groups is 1. The van der Waals surface area contributed by atoms with Gasteiger partial charge >= 0.3 is 0 Å². The van der Waals surface area contributed by atoms with Crippen LogP contribution in [0.4, 0.5) is 5.69 Å². The molecule has 1 fully saturated rings. The highest BCUT2D eigenvalue weighted by Crippen LogP contribution is 2.23. The lowest BCUT2D eigenvalue weighted by Gasteiger charge is -2.30. The van der Waals surface area contributed by atoms with E-state index in [9.17, 15) is 13.2 Å². The molecule has 7 nitrogen and oxygen atoms in total. The minimum absolute atomic E-state index is 0.308. The fourth-order valence-corrected chi connectivity index (χ4v) is 5.13. The third-order valence-electron chi connectivity index (χ3n) is 5.59. The molecule has 0 aromatic heterocycles. The van der Waals surface area contributed by atoms with Gasteiger partial charge in [0.1, 0.15) is 6.04 Å². The number of hydrogen-bond acceptors (Lipinski definition) is 5. The average Bonchev–Trinajstić information content (AvgIpc) is 2.77. The van der Waals surface area contributed by atoms with E-state index in [2.05, 4.69) is 22.3 Å². The van der Waals surface area contributed by atoms with Crippen molar-refractivity contribution in [1.29, 1.82) is 0 Å². The first kappa shape index (κ1) is 24.2. The minimum atomic E-state index is -3.64. The summed E-state index contributed by atoms with van der Waals surface area (Å²) in [4.78, 5) is 15.4. The molecule has 32 heavy (non-hydrogen) atoms. The normalized spacial score (nSPS) is 15.8. The molecule has 8 heteroatoms. The van der Waals surface area contributed by atoms with Crippen LogP contribution in [0.3, 0.4) is 0 Å². The fourth-order valence-electron chi connectivity index (χ4n) is 3.91. The van der Waals surface area contributed by atoms with Crippen LogP contribution < -0.4 is 9.62 Å². The van der Waals surface area contributed by atoms with E-state index >= 15 is 0 Å². The molecule has 1 aliphatic heterocycles. The van der Waals surface area contributed by atoms with Gasteiger partial charge in [-0.25, -0.2) is 8.42 Å². The van der Waals surface area contributed by atoms with Gasteiger partial charge in [0.15, 0.2) is 0 Å². The zero-order valence-electron chi connectivity index (χ0n) is 19.1. The summed E-state index contributed by atoms with van der Waals surface area (Å²) < 4.78 is 31.7. The van der Waals surface area contributed by atoms with E-state index < -0.39 is 16.1 Å². The molecule has 1 saturated heterocycles. The Kier molecular flexibility index (Phi) is 8.28. The number of anilines is 1. The van der Waals surface area contributed by atoms with E-state index in [-0.39, 0.29) is 5.91 Å². The summed E-state index contributed by atoms with van der Waals surface area (Å²) in [6.45, 7) is 8.29. The fraction of sp³-hybridized carbons (Fsp3) is 0.458. The molecule has 0 spiro atoms. The van der Waals surface area contributed by atoms with Gasteiger partial charge in [-0.3, -0.25) is 14.0 Å². The summed E-state index contributed by atoms with van der Waals surface area (Å²) in [6, 6.07) is 14.5. The van der Waals surface area contributed by atoms with Crippen molar-refractivity contribution >= 4 is 21.6 Å². The molecule has 0 bridgehead atoms. The van der Waals surface area contributed by atoms with E-state index in [0.29, 0.717) is 18.7 Å². The van der Waals surface area contributed by atoms with Crippen LogP contribution in [0.15, 0.2) is 48.5 Å². The first-order valence-electron chi connectivity index (χ1n) is 11.0. The number of ether oxygens (including phenoxy) is 1. The molecule has 0 saturated carbocycles. The second-order valence-corrected chi connectivity index (χ2v) is 10.1. The standard InChI is InChI=1S/C24H33N3O4S/c1-4-23(27(32(3,29)30)22-10-8-19(2)9-11-22)24(28)25-17-20-6-5-7-21(16-20)18-26-12-14-31-15-13-26/h5-11,16,23H,4,12-15,17-18H2,1-3H3,(H,25,28)/t23-/m0/s1. The van der Waals surface area contributed by atoms with Crippen LogP contribution >= 0.6 is 0 Å². The molecule has 1 amide bonds. The minimum Gasteiger partial charge on any atom is -0.379 e. The Balaban J connectivity index is 1.69. The summed E-state index contributed by atoms with van der Waals surface area (Å²) in [5.74, 6) is -0.308. The van der Waals surface area contributed by atoms with Crippen LogP contribution in [0.5, 0.6) is 0 Å². The molecular formula is C24H33N3O4S. The zero-order chi connectivity index (χ0) is 23.1. The maximum absolute atomic E-state index is 13.0. The predicted molar refractivity (Wildman–Crippen MR) is 127 cm³/mol. The maximum Gasteiger partial charge on any atom is 0.244 e. The molecule has 0 aliphatic carbocycles. The summed E-state index contributed by atoms with van der Waals surface area (Å²) in [5, 5.41) is 2.94. The largest absolute Gasteiger partial charge is 0.379 e. The Morgan fingerprint density at radius 1 is 1.12 bits per heavy atom. The smallest absolute Gasteiger partial charge is 0.244 e. The highest BCUT2D eigenvalue weighted by Gasteiger charge is 2.31. The second kappa shape index (κ2) is 10.9. The molecule has 2 aromatic carbocycles. The van der Waals surface area contributed by atoms with Crippen molar-refractivity contribution in [2.75, 3.05) is 36.9 Å². The van der Waals surface area contributed by atoms with Crippen molar-refractivity contribution in [3.63, 3.8) is 0 Å². The zero-order valence-corrected chi connectivity index (χ0v) is 19.9. The van der Waals surface area contributed by atoms with Gasteiger partial charge in [0.05, 0.1) is 25.2 Å². The van der Waals surface area contributed by atoms with Crippen LogP contribution in [0.1, 0.15) is 30.0 Å². The summed E-state index contributed by atoms with van der Waals surface area (Å²) in [5.41, 5.74) is 3.69. The molecule has 1 atom stereocenters. The lowest BCUT2D eigenvalue weighted by molar-refractivity contribution is -0.122. The third kappa shape index (κ3) is 6.54. The van der Waals surface area contributed by atoms with Gasteiger partial charge in [-0.15, -0.1) is 0 Å². The monoisotopic (exact) mass is 459 g/mol. The van der Waals surface area contributed by atoms with Crippen LogP contribution in [0, 0.1) is 6.92 Å². The van der Waals surface area contributed by atoms with Crippen molar-refractivity contribution in [2.45, 2.75) is 39.4 Å². The summed E-state index contributed by atoms with van der Waals surface area (Å²) >= 11 is 0. The number of rotatable bonds is 9. The topological polar surface area (TPSA) is 79.0 Å². The van der Waals surface area contributed by atoms with E-state index in [1.807, 2.05) is 38.1 Å². The van der Waals surface area contributed by atoms with Crippen molar-refractivity contribution in [3.8, 4) is 0 Å².